The minimum Gasteiger partial charge on any atom is -0.380 e. The third-order valence-corrected chi connectivity index (χ3v) is 2.85. The van der Waals surface area contributed by atoms with Crippen molar-refractivity contribution >= 4 is 5.69 Å². The molecule has 1 rings (SSSR count). The highest BCUT2D eigenvalue weighted by Crippen LogP contribution is 2.20. The molecule has 90 valence electrons. The summed E-state index contributed by atoms with van der Waals surface area (Å²) in [5.74, 6) is -0.151. The van der Waals surface area contributed by atoms with E-state index in [1.54, 1.807) is 6.07 Å². The van der Waals surface area contributed by atoms with Crippen molar-refractivity contribution in [1.29, 1.82) is 0 Å². The van der Waals surface area contributed by atoms with Crippen LogP contribution in [0.3, 0.4) is 0 Å². The summed E-state index contributed by atoms with van der Waals surface area (Å²) < 4.78 is 13.5. The molecule has 1 N–H and O–H groups in total. The smallest absolute Gasteiger partial charge is 0.146 e. The monoisotopic (exact) mass is 223 g/mol. The van der Waals surface area contributed by atoms with Crippen LogP contribution >= 0.6 is 0 Å². The largest absolute Gasteiger partial charge is 0.380 e. The van der Waals surface area contributed by atoms with E-state index in [2.05, 4.69) is 19.2 Å². The summed E-state index contributed by atoms with van der Waals surface area (Å²) in [4.78, 5) is 0. The Balaban J connectivity index is 2.52. The summed E-state index contributed by atoms with van der Waals surface area (Å²) >= 11 is 0. The molecule has 1 atom stereocenters. The van der Waals surface area contributed by atoms with Gasteiger partial charge in [0.25, 0.3) is 0 Å². The number of nitrogens with one attached hydrogen (secondary N) is 1. The topological polar surface area (TPSA) is 12.0 Å². The van der Waals surface area contributed by atoms with Crippen molar-refractivity contribution in [3.8, 4) is 0 Å². The van der Waals surface area contributed by atoms with Crippen LogP contribution in [0, 0.1) is 12.7 Å². The summed E-state index contributed by atoms with van der Waals surface area (Å²) in [6.07, 6.45) is 4.79. The van der Waals surface area contributed by atoms with E-state index >= 15 is 0 Å². The van der Waals surface area contributed by atoms with Gasteiger partial charge in [0.05, 0.1) is 5.69 Å². The van der Waals surface area contributed by atoms with Crippen molar-refractivity contribution in [3.05, 3.63) is 29.6 Å². The molecule has 0 amide bonds. The van der Waals surface area contributed by atoms with Gasteiger partial charge in [0.2, 0.25) is 0 Å². The minimum absolute atomic E-state index is 0.151. The maximum Gasteiger partial charge on any atom is 0.146 e. The van der Waals surface area contributed by atoms with E-state index in [1.165, 1.54) is 25.3 Å². The average Bonchev–Trinajstić information content (AvgIpc) is 2.24. The molecular formula is C14H22FN. The van der Waals surface area contributed by atoms with Crippen molar-refractivity contribution in [2.45, 2.75) is 52.5 Å². The van der Waals surface area contributed by atoms with Crippen LogP contribution in [0.2, 0.25) is 0 Å². The van der Waals surface area contributed by atoms with Gasteiger partial charge < -0.3 is 5.32 Å². The number of aryl methyl sites for hydroxylation is 1. The second kappa shape index (κ2) is 6.51. The number of halogens is 1. The van der Waals surface area contributed by atoms with Crippen LogP contribution in [-0.2, 0) is 0 Å². The molecule has 1 aromatic carbocycles. The predicted octanol–water partition coefficient (Wildman–Crippen LogP) is 4.51. The molecule has 0 aliphatic heterocycles. The molecule has 0 spiro atoms. The number of para-hydroxylation sites is 1. The van der Waals surface area contributed by atoms with Crippen molar-refractivity contribution in [2.75, 3.05) is 5.32 Å². The van der Waals surface area contributed by atoms with Crippen LogP contribution in [0.25, 0.3) is 0 Å². The third kappa shape index (κ3) is 3.84. The lowest BCUT2D eigenvalue weighted by atomic mass is 10.1. The molecule has 2 heteroatoms. The van der Waals surface area contributed by atoms with Crippen LogP contribution in [-0.4, -0.2) is 6.04 Å². The Bertz CT molecular complexity index is 302. The highest BCUT2D eigenvalue weighted by molar-refractivity contribution is 5.52. The molecule has 1 unspecified atom stereocenters. The summed E-state index contributed by atoms with van der Waals surface area (Å²) in [6.45, 7) is 6.24. The van der Waals surface area contributed by atoms with Gasteiger partial charge in [-0.25, -0.2) is 4.39 Å². The third-order valence-electron chi connectivity index (χ3n) is 2.85. The zero-order valence-electron chi connectivity index (χ0n) is 10.5. The van der Waals surface area contributed by atoms with Gasteiger partial charge in [0.1, 0.15) is 5.82 Å². The van der Waals surface area contributed by atoms with Crippen LogP contribution in [0.1, 0.15) is 45.1 Å². The van der Waals surface area contributed by atoms with Crippen LogP contribution in [0.4, 0.5) is 10.1 Å². The first kappa shape index (κ1) is 13.0. The van der Waals surface area contributed by atoms with Gasteiger partial charge in [-0.05, 0) is 31.9 Å². The van der Waals surface area contributed by atoms with Crippen molar-refractivity contribution < 1.29 is 4.39 Å². The van der Waals surface area contributed by atoms with Gasteiger partial charge >= 0.3 is 0 Å². The van der Waals surface area contributed by atoms with Crippen molar-refractivity contribution in [1.82, 2.24) is 0 Å². The summed E-state index contributed by atoms with van der Waals surface area (Å²) in [7, 11) is 0. The molecule has 0 heterocycles. The van der Waals surface area contributed by atoms with Gasteiger partial charge in [-0.15, -0.1) is 0 Å². The Hall–Kier alpha value is -1.05. The molecule has 0 saturated heterocycles. The molecule has 0 aliphatic carbocycles. The lowest BCUT2D eigenvalue weighted by molar-refractivity contribution is 0.599. The average molecular weight is 223 g/mol. The Morgan fingerprint density at radius 3 is 2.69 bits per heavy atom. The standard InChI is InChI=1S/C14H22FN/c1-4-5-6-9-12(3)16-14-11(2)8-7-10-13(14)15/h7-8,10,12,16H,4-6,9H2,1-3H3. The second-order valence-corrected chi connectivity index (χ2v) is 4.47. The van der Waals surface area contributed by atoms with E-state index in [0.717, 1.165) is 12.0 Å². The first-order valence-corrected chi connectivity index (χ1v) is 6.16. The van der Waals surface area contributed by atoms with E-state index in [-0.39, 0.29) is 5.82 Å². The number of benzene rings is 1. The Labute approximate surface area is 98.1 Å². The fourth-order valence-electron chi connectivity index (χ4n) is 1.83. The SMILES string of the molecule is CCCCCC(C)Nc1c(C)cccc1F. The van der Waals surface area contributed by atoms with Gasteiger partial charge in [-0.1, -0.05) is 38.3 Å². The Morgan fingerprint density at radius 2 is 2.06 bits per heavy atom. The molecule has 0 saturated carbocycles. The number of anilines is 1. The normalized spacial score (nSPS) is 12.5. The molecule has 16 heavy (non-hydrogen) atoms. The van der Waals surface area contributed by atoms with Gasteiger partial charge in [-0.2, -0.15) is 0 Å². The van der Waals surface area contributed by atoms with E-state index in [0.29, 0.717) is 11.7 Å². The summed E-state index contributed by atoms with van der Waals surface area (Å²) in [5.41, 5.74) is 1.63. The molecule has 0 radical (unpaired) electrons. The second-order valence-electron chi connectivity index (χ2n) is 4.47. The molecular weight excluding hydrogens is 201 g/mol. The molecule has 0 bridgehead atoms. The van der Waals surface area contributed by atoms with E-state index in [4.69, 9.17) is 0 Å². The van der Waals surface area contributed by atoms with E-state index in [1.807, 2.05) is 13.0 Å². The molecule has 0 fully saturated rings. The number of rotatable bonds is 6. The van der Waals surface area contributed by atoms with Crippen LogP contribution in [0.15, 0.2) is 18.2 Å². The zero-order valence-corrected chi connectivity index (χ0v) is 10.5. The summed E-state index contributed by atoms with van der Waals surface area (Å²) in [5, 5.41) is 3.26. The predicted molar refractivity (Wildman–Crippen MR) is 68.4 cm³/mol. The first-order chi connectivity index (χ1) is 7.65. The van der Waals surface area contributed by atoms with Gasteiger partial charge in [-0.3, -0.25) is 0 Å². The Kier molecular flexibility index (Phi) is 5.30. The number of hydrogen-bond donors (Lipinski definition) is 1. The molecule has 1 nitrogen and oxygen atoms in total. The maximum atomic E-state index is 13.5. The fourth-order valence-corrected chi connectivity index (χ4v) is 1.83. The summed E-state index contributed by atoms with van der Waals surface area (Å²) in [6, 6.07) is 5.53. The minimum atomic E-state index is -0.151. The highest BCUT2D eigenvalue weighted by Gasteiger charge is 2.08. The van der Waals surface area contributed by atoms with Crippen molar-refractivity contribution in [3.63, 3.8) is 0 Å². The van der Waals surface area contributed by atoms with Crippen LogP contribution in [0.5, 0.6) is 0 Å². The van der Waals surface area contributed by atoms with Crippen LogP contribution < -0.4 is 5.32 Å². The van der Waals surface area contributed by atoms with Gasteiger partial charge in [0.15, 0.2) is 0 Å². The van der Waals surface area contributed by atoms with Crippen molar-refractivity contribution in [2.24, 2.45) is 0 Å². The lowest BCUT2D eigenvalue weighted by Crippen LogP contribution is -2.16. The van der Waals surface area contributed by atoms with E-state index in [9.17, 15) is 4.39 Å². The highest BCUT2D eigenvalue weighted by atomic mass is 19.1. The molecule has 0 aromatic heterocycles. The quantitative estimate of drug-likeness (QED) is 0.699. The molecule has 0 aliphatic rings. The zero-order chi connectivity index (χ0) is 12.0. The molecule has 1 aromatic rings. The first-order valence-electron chi connectivity index (χ1n) is 6.16. The maximum absolute atomic E-state index is 13.5. The number of hydrogen-bond acceptors (Lipinski definition) is 1. The Morgan fingerprint density at radius 1 is 1.31 bits per heavy atom. The number of unbranched alkanes of at least 4 members (excludes halogenated alkanes) is 2. The fraction of sp³-hybridized carbons (Fsp3) is 0.571. The van der Waals surface area contributed by atoms with Gasteiger partial charge in [0, 0.05) is 6.04 Å². The van der Waals surface area contributed by atoms with E-state index < -0.39 is 0 Å². The lowest BCUT2D eigenvalue weighted by Gasteiger charge is -2.17.